The van der Waals surface area contributed by atoms with Crippen LogP contribution in [0.25, 0.3) is 0 Å². The summed E-state index contributed by atoms with van der Waals surface area (Å²) in [6, 6.07) is 9.39. The van der Waals surface area contributed by atoms with Crippen LogP contribution in [0.4, 0.5) is 13.2 Å². The van der Waals surface area contributed by atoms with Crippen LogP contribution >= 0.6 is 0 Å². The number of ether oxygens (including phenoxy) is 1. The Morgan fingerprint density at radius 3 is 2.40 bits per heavy atom. The Bertz CT molecular complexity index is 875. The molecule has 0 aliphatic heterocycles. The molecule has 0 amide bonds. The molecule has 9 heteroatoms. The first-order valence-corrected chi connectivity index (χ1v) is 8.46. The number of hydrogen-bond donors (Lipinski definition) is 0. The summed E-state index contributed by atoms with van der Waals surface area (Å²) in [5, 5.41) is 0. The maximum atomic E-state index is 12.7. The quantitative estimate of drug-likeness (QED) is 0.593. The topological polar surface area (TPSA) is 69.7 Å². The van der Waals surface area contributed by atoms with Crippen molar-refractivity contribution < 1.29 is 35.3 Å². The van der Waals surface area contributed by atoms with E-state index in [1.807, 2.05) is 0 Å². The fourth-order valence-corrected chi connectivity index (χ4v) is 3.09. The second-order valence-corrected chi connectivity index (χ2v) is 6.54. The average molecular weight is 374 g/mol. The fraction of sp³-hybridized carbons (Fsp3) is 0.188. The first kappa shape index (κ1) is 18.8. The Morgan fingerprint density at radius 2 is 1.76 bits per heavy atom. The fourth-order valence-electron chi connectivity index (χ4n) is 2.03. The summed E-state index contributed by atoms with van der Waals surface area (Å²) in [5.74, 6) is -1.85. The van der Waals surface area contributed by atoms with Gasteiger partial charge in [0.05, 0.1) is 12.7 Å². The Hall–Kier alpha value is -2.55. The van der Waals surface area contributed by atoms with Crippen LogP contribution in [0.2, 0.25) is 0 Å². The van der Waals surface area contributed by atoms with E-state index in [1.165, 1.54) is 30.3 Å². The van der Waals surface area contributed by atoms with Gasteiger partial charge >= 0.3 is 22.3 Å². The van der Waals surface area contributed by atoms with Gasteiger partial charge in [-0.05, 0) is 23.8 Å². The largest absolute Gasteiger partial charge is 0.465 e. The zero-order chi connectivity index (χ0) is 18.7. The molecule has 0 N–H and O–H groups in total. The third-order valence-electron chi connectivity index (χ3n) is 3.11. The van der Waals surface area contributed by atoms with E-state index >= 15 is 0 Å². The highest BCUT2D eigenvalue weighted by molar-refractivity contribution is 7.86. The molecule has 2 rings (SSSR count). The molecule has 0 heterocycles. The van der Waals surface area contributed by atoms with Crippen molar-refractivity contribution in [2.24, 2.45) is 0 Å². The Morgan fingerprint density at radius 1 is 1.08 bits per heavy atom. The standard InChI is InChI=1S/C16H13F3O5S/c1-23-15(20)13-7-2-3-8-14(13)24-25(21,22)10-11-5-4-6-12(9-11)16(17,18)19/h2-9H,10H2,1H3. The van der Waals surface area contributed by atoms with E-state index in [0.29, 0.717) is 0 Å². The molecule has 0 saturated heterocycles. The molecule has 134 valence electrons. The third kappa shape index (κ3) is 4.96. The lowest BCUT2D eigenvalue weighted by Gasteiger charge is -2.11. The van der Waals surface area contributed by atoms with Crippen molar-refractivity contribution in [3.05, 3.63) is 65.2 Å². The number of benzene rings is 2. The van der Waals surface area contributed by atoms with Crippen molar-refractivity contribution in [1.82, 2.24) is 0 Å². The van der Waals surface area contributed by atoms with Crippen molar-refractivity contribution in [3.8, 4) is 5.75 Å². The van der Waals surface area contributed by atoms with Gasteiger partial charge in [-0.15, -0.1) is 0 Å². The summed E-state index contributed by atoms with van der Waals surface area (Å²) in [6.45, 7) is 0. The highest BCUT2D eigenvalue weighted by atomic mass is 32.2. The lowest BCUT2D eigenvalue weighted by Crippen LogP contribution is -2.15. The molecule has 0 radical (unpaired) electrons. The number of para-hydroxylation sites is 1. The van der Waals surface area contributed by atoms with Crippen LogP contribution in [0.1, 0.15) is 21.5 Å². The first-order valence-electron chi connectivity index (χ1n) is 6.88. The second-order valence-electron chi connectivity index (χ2n) is 4.97. The molecule has 0 aromatic heterocycles. The number of rotatable bonds is 5. The molecular weight excluding hydrogens is 361 g/mol. The number of halogens is 3. The van der Waals surface area contributed by atoms with E-state index in [-0.39, 0.29) is 16.9 Å². The van der Waals surface area contributed by atoms with Crippen molar-refractivity contribution in [2.75, 3.05) is 7.11 Å². The van der Waals surface area contributed by atoms with Gasteiger partial charge < -0.3 is 8.92 Å². The zero-order valence-corrected chi connectivity index (χ0v) is 13.7. The molecule has 0 fully saturated rings. The van der Waals surface area contributed by atoms with Crippen LogP contribution < -0.4 is 4.18 Å². The first-order chi connectivity index (χ1) is 11.6. The van der Waals surface area contributed by atoms with Gasteiger partial charge in [-0.3, -0.25) is 0 Å². The maximum absolute atomic E-state index is 12.7. The average Bonchev–Trinajstić information content (AvgIpc) is 2.53. The Labute approximate surface area is 142 Å². The summed E-state index contributed by atoms with van der Waals surface area (Å²) >= 11 is 0. The van der Waals surface area contributed by atoms with Crippen LogP contribution in [0, 0.1) is 0 Å². The maximum Gasteiger partial charge on any atom is 0.416 e. The number of carbonyl (C=O) groups excluding carboxylic acids is 1. The smallest absolute Gasteiger partial charge is 0.416 e. The molecule has 0 saturated carbocycles. The van der Waals surface area contributed by atoms with E-state index in [2.05, 4.69) is 4.74 Å². The predicted molar refractivity (Wildman–Crippen MR) is 82.5 cm³/mol. The van der Waals surface area contributed by atoms with Crippen molar-refractivity contribution >= 4 is 16.1 Å². The molecule has 25 heavy (non-hydrogen) atoms. The van der Waals surface area contributed by atoms with E-state index in [0.717, 1.165) is 25.3 Å². The van der Waals surface area contributed by atoms with Crippen LogP contribution in [-0.4, -0.2) is 21.5 Å². The molecule has 0 spiro atoms. The Kier molecular flexibility index (Phi) is 5.36. The highest BCUT2D eigenvalue weighted by Crippen LogP contribution is 2.30. The zero-order valence-electron chi connectivity index (χ0n) is 12.9. The van der Waals surface area contributed by atoms with Crippen molar-refractivity contribution in [3.63, 3.8) is 0 Å². The molecule has 0 bridgehead atoms. The molecule has 2 aromatic rings. The summed E-state index contributed by atoms with van der Waals surface area (Å²) in [5.41, 5.74) is -1.17. The molecule has 0 unspecified atom stereocenters. The van der Waals surface area contributed by atoms with E-state index in [4.69, 9.17) is 4.18 Å². The molecule has 0 aliphatic carbocycles. The van der Waals surface area contributed by atoms with Gasteiger partial charge in [0.2, 0.25) is 0 Å². The van der Waals surface area contributed by atoms with Crippen LogP contribution in [0.3, 0.4) is 0 Å². The van der Waals surface area contributed by atoms with Crippen molar-refractivity contribution in [2.45, 2.75) is 11.9 Å². The molecule has 5 nitrogen and oxygen atoms in total. The highest BCUT2D eigenvalue weighted by Gasteiger charge is 2.31. The van der Waals surface area contributed by atoms with E-state index in [1.54, 1.807) is 0 Å². The summed E-state index contributed by atoms with van der Waals surface area (Å²) in [6.07, 6.45) is -4.59. The number of methoxy groups -OCH3 is 1. The molecule has 0 aliphatic rings. The van der Waals surface area contributed by atoms with Gasteiger partial charge in [0, 0.05) is 0 Å². The van der Waals surface area contributed by atoms with Crippen LogP contribution in [0.15, 0.2) is 48.5 Å². The van der Waals surface area contributed by atoms with Crippen molar-refractivity contribution in [1.29, 1.82) is 0 Å². The monoisotopic (exact) mass is 374 g/mol. The molecule has 0 atom stereocenters. The Balaban J connectivity index is 2.26. The lowest BCUT2D eigenvalue weighted by atomic mass is 10.1. The van der Waals surface area contributed by atoms with Crippen LogP contribution in [-0.2, 0) is 26.8 Å². The third-order valence-corrected chi connectivity index (χ3v) is 4.23. The minimum Gasteiger partial charge on any atom is -0.465 e. The molecule has 2 aromatic carbocycles. The normalized spacial score (nSPS) is 11.8. The number of esters is 1. The summed E-state index contributed by atoms with van der Waals surface area (Å²) < 4.78 is 71.8. The summed E-state index contributed by atoms with van der Waals surface area (Å²) in [4.78, 5) is 11.6. The van der Waals surface area contributed by atoms with Gasteiger partial charge in [0.25, 0.3) is 0 Å². The minimum absolute atomic E-state index is 0.0922. The van der Waals surface area contributed by atoms with E-state index in [9.17, 15) is 26.4 Å². The van der Waals surface area contributed by atoms with Gasteiger partial charge in [0.1, 0.15) is 11.3 Å². The van der Waals surface area contributed by atoms with Gasteiger partial charge in [-0.2, -0.15) is 21.6 Å². The molecular formula is C16H13F3O5S. The predicted octanol–water partition coefficient (Wildman–Crippen LogP) is 3.40. The minimum atomic E-state index is -4.59. The van der Waals surface area contributed by atoms with Crippen LogP contribution in [0.5, 0.6) is 5.75 Å². The van der Waals surface area contributed by atoms with Gasteiger partial charge in [-0.25, -0.2) is 4.79 Å². The SMILES string of the molecule is COC(=O)c1ccccc1OS(=O)(=O)Cc1cccc(C(F)(F)F)c1. The second kappa shape index (κ2) is 7.14. The number of alkyl halides is 3. The van der Waals surface area contributed by atoms with E-state index < -0.39 is 33.6 Å². The number of carbonyl (C=O) groups is 1. The van der Waals surface area contributed by atoms with Gasteiger partial charge in [0.15, 0.2) is 5.75 Å². The number of hydrogen-bond acceptors (Lipinski definition) is 5. The van der Waals surface area contributed by atoms with Gasteiger partial charge in [-0.1, -0.05) is 30.3 Å². The lowest BCUT2D eigenvalue weighted by molar-refractivity contribution is -0.137. The summed E-state index contributed by atoms with van der Waals surface area (Å²) in [7, 11) is -3.17.